The van der Waals surface area contributed by atoms with Gasteiger partial charge in [0.25, 0.3) is 5.91 Å². The Morgan fingerprint density at radius 1 is 1.25 bits per heavy atom. The number of likely N-dealkylation sites (tertiary alicyclic amines) is 1. The molecule has 4 nitrogen and oxygen atoms in total. The van der Waals surface area contributed by atoms with E-state index in [4.69, 9.17) is 0 Å². The van der Waals surface area contributed by atoms with E-state index in [1.165, 1.54) is 0 Å². The van der Waals surface area contributed by atoms with Gasteiger partial charge in [-0.15, -0.1) is 0 Å². The van der Waals surface area contributed by atoms with Gasteiger partial charge in [-0.1, -0.05) is 0 Å². The first-order chi connectivity index (χ1) is 7.84. The SMILES string of the molecule is O=C(c1ccncc1)N1CC2CNCC2C1. The Morgan fingerprint density at radius 3 is 2.50 bits per heavy atom. The molecular weight excluding hydrogens is 202 g/mol. The van der Waals surface area contributed by atoms with Crippen LogP contribution in [0.15, 0.2) is 24.5 Å². The third kappa shape index (κ3) is 1.59. The van der Waals surface area contributed by atoms with Crippen LogP contribution in [0, 0.1) is 11.8 Å². The molecule has 2 fully saturated rings. The van der Waals surface area contributed by atoms with Crippen molar-refractivity contribution < 1.29 is 4.79 Å². The van der Waals surface area contributed by atoms with Gasteiger partial charge < -0.3 is 10.2 Å². The summed E-state index contributed by atoms with van der Waals surface area (Å²) in [6, 6.07) is 3.57. The van der Waals surface area contributed by atoms with Crippen LogP contribution >= 0.6 is 0 Å². The van der Waals surface area contributed by atoms with E-state index in [9.17, 15) is 4.79 Å². The third-order valence-corrected chi connectivity index (χ3v) is 3.60. The molecule has 2 unspecified atom stereocenters. The number of fused-ring (bicyclic) bond motifs is 1. The third-order valence-electron chi connectivity index (χ3n) is 3.60. The minimum Gasteiger partial charge on any atom is -0.338 e. The van der Waals surface area contributed by atoms with Crippen molar-refractivity contribution in [3.8, 4) is 0 Å². The van der Waals surface area contributed by atoms with Crippen LogP contribution < -0.4 is 5.32 Å². The molecule has 16 heavy (non-hydrogen) atoms. The lowest BCUT2D eigenvalue weighted by molar-refractivity contribution is 0.0781. The van der Waals surface area contributed by atoms with Gasteiger partial charge >= 0.3 is 0 Å². The van der Waals surface area contributed by atoms with Gasteiger partial charge in [0.1, 0.15) is 0 Å². The van der Waals surface area contributed by atoms with Crippen molar-refractivity contribution in [2.45, 2.75) is 0 Å². The number of carbonyl (C=O) groups is 1. The summed E-state index contributed by atoms with van der Waals surface area (Å²) in [5.74, 6) is 1.47. The summed E-state index contributed by atoms with van der Waals surface area (Å²) >= 11 is 0. The van der Waals surface area contributed by atoms with E-state index >= 15 is 0 Å². The second kappa shape index (κ2) is 3.87. The lowest BCUT2D eigenvalue weighted by Gasteiger charge is -2.17. The van der Waals surface area contributed by atoms with E-state index in [0.29, 0.717) is 11.8 Å². The average molecular weight is 217 g/mol. The lowest BCUT2D eigenvalue weighted by Crippen LogP contribution is -2.31. The van der Waals surface area contributed by atoms with Crippen molar-refractivity contribution in [2.24, 2.45) is 11.8 Å². The highest BCUT2D eigenvalue weighted by Crippen LogP contribution is 2.27. The van der Waals surface area contributed by atoms with Crippen LogP contribution in [0.25, 0.3) is 0 Å². The highest BCUT2D eigenvalue weighted by Gasteiger charge is 2.38. The van der Waals surface area contributed by atoms with E-state index in [0.717, 1.165) is 31.7 Å². The fourth-order valence-electron chi connectivity index (χ4n) is 2.70. The zero-order valence-electron chi connectivity index (χ0n) is 9.10. The number of hydrogen-bond acceptors (Lipinski definition) is 3. The Hall–Kier alpha value is -1.42. The van der Waals surface area contributed by atoms with Crippen LogP contribution in [0.3, 0.4) is 0 Å². The normalized spacial score (nSPS) is 28.1. The van der Waals surface area contributed by atoms with Crippen LogP contribution in [0.1, 0.15) is 10.4 Å². The summed E-state index contributed by atoms with van der Waals surface area (Å²) < 4.78 is 0. The summed E-state index contributed by atoms with van der Waals surface area (Å²) in [4.78, 5) is 18.1. The summed E-state index contributed by atoms with van der Waals surface area (Å²) in [6.07, 6.45) is 3.34. The fraction of sp³-hybridized carbons (Fsp3) is 0.500. The molecule has 2 aliphatic rings. The van der Waals surface area contributed by atoms with Gasteiger partial charge in [0, 0.05) is 44.1 Å². The van der Waals surface area contributed by atoms with Crippen LogP contribution in [0.4, 0.5) is 0 Å². The molecule has 1 aromatic heterocycles. The van der Waals surface area contributed by atoms with Gasteiger partial charge in [-0.25, -0.2) is 0 Å². The zero-order valence-corrected chi connectivity index (χ0v) is 9.10. The van der Waals surface area contributed by atoms with Crippen LogP contribution in [-0.2, 0) is 0 Å². The number of nitrogens with zero attached hydrogens (tertiary/aromatic N) is 2. The minimum atomic E-state index is 0.150. The standard InChI is InChI=1S/C12H15N3O/c16-12(9-1-3-13-4-2-9)15-7-10-5-14-6-11(10)8-15/h1-4,10-11,14H,5-8H2. The molecule has 2 atom stereocenters. The maximum atomic E-state index is 12.2. The molecule has 0 spiro atoms. The molecule has 3 heterocycles. The highest BCUT2D eigenvalue weighted by molar-refractivity contribution is 5.94. The second-order valence-corrected chi connectivity index (χ2v) is 4.62. The zero-order chi connectivity index (χ0) is 11.0. The van der Waals surface area contributed by atoms with Gasteiger partial charge in [-0.05, 0) is 24.0 Å². The highest BCUT2D eigenvalue weighted by atomic mass is 16.2. The molecule has 3 rings (SSSR count). The van der Waals surface area contributed by atoms with Gasteiger partial charge in [-0.3, -0.25) is 9.78 Å². The van der Waals surface area contributed by atoms with E-state index in [1.54, 1.807) is 24.5 Å². The summed E-state index contributed by atoms with van der Waals surface area (Å²) in [6.45, 7) is 3.92. The predicted octanol–water partition coefficient (Wildman–Crippen LogP) is 0.373. The quantitative estimate of drug-likeness (QED) is 0.739. The maximum Gasteiger partial charge on any atom is 0.253 e. The number of amides is 1. The Kier molecular flexibility index (Phi) is 2.36. The van der Waals surface area contributed by atoms with E-state index in [1.807, 2.05) is 4.90 Å². The van der Waals surface area contributed by atoms with Crippen molar-refractivity contribution in [3.63, 3.8) is 0 Å². The van der Waals surface area contributed by atoms with E-state index < -0.39 is 0 Å². The molecular formula is C12H15N3O. The van der Waals surface area contributed by atoms with Crippen molar-refractivity contribution >= 4 is 5.91 Å². The minimum absolute atomic E-state index is 0.150. The molecule has 0 radical (unpaired) electrons. The molecule has 4 heteroatoms. The Morgan fingerprint density at radius 2 is 1.88 bits per heavy atom. The number of aromatic nitrogens is 1. The van der Waals surface area contributed by atoms with Crippen LogP contribution in [0.2, 0.25) is 0 Å². The molecule has 0 aliphatic carbocycles. The Balaban J connectivity index is 1.73. The summed E-state index contributed by atoms with van der Waals surface area (Å²) in [7, 11) is 0. The molecule has 0 bridgehead atoms. The maximum absolute atomic E-state index is 12.2. The van der Waals surface area contributed by atoms with Crippen LogP contribution in [-0.4, -0.2) is 42.0 Å². The molecule has 2 aliphatic heterocycles. The van der Waals surface area contributed by atoms with Crippen molar-refractivity contribution in [1.82, 2.24) is 15.2 Å². The molecule has 0 saturated carbocycles. The topological polar surface area (TPSA) is 45.2 Å². The molecule has 84 valence electrons. The number of carbonyl (C=O) groups excluding carboxylic acids is 1. The summed E-state index contributed by atoms with van der Waals surface area (Å²) in [5, 5.41) is 3.38. The first-order valence-corrected chi connectivity index (χ1v) is 5.74. The van der Waals surface area contributed by atoms with Gasteiger partial charge in [0.15, 0.2) is 0 Å². The largest absolute Gasteiger partial charge is 0.338 e. The lowest BCUT2D eigenvalue weighted by atomic mass is 10.0. The monoisotopic (exact) mass is 217 g/mol. The van der Waals surface area contributed by atoms with E-state index in [2.05, 4.69) is 10.3 Å². The molecule has 0 aromatic carbocycles. The molecule has 1 aromatic rings. The van der Waals surface area contributed by atoms with Gasteiger partial charge in [0.2, 0.25) is 0 Å². The van der Waals surface area contributed by atoms with Gasteiger partial charge in [0.05, 0.1) is 0 Å². The molecule has 1 amide bonds. The Labute approximate surface area is 94.7 Å². The fourth-order valence-corrected chi connectivity index (χ4v) is 2.70. The first kappa shape index (κ1) is 9.78. The smallest absolute Gasteiger partial charge is 0.253 e. The number of hydrogen-bond donors (Lipinski definition) is 1. The average Bonchev–Trinajstić information content (AvgIpc) is 2.89. The van der Waals surface area contributed by atoms with Crippen molar-refractivity contribution in [2.75, 3.05) is 26.2 Å². The predicted molar refractivity (Wildman–Crippen MR) is 60.0 cm³/mol. The van der Waals surface area contributed by atoms with Crippen molar-refractivity contribution in [1.29, 1.82) is 0 Å². The van der Waals surface area contributed by atoms with E-state index in [-0.39, 0.29) is 5.91 Å². The first-order valence-electron chi connectivity index (χ1n) is 5.74. The number of nitrogens with one attached hydrogen (secondary N) is 1. The summed E-state index contributed by atoms with van der Waals surface area (Å²) in [5.41, 5.74) is 0.753. The molecule has 2 saturated heterocycles. The van der Waals surface area contributed by atoms with Crippen LogP contribution in [0.5, 0.6) is 0 Å². The molecule has 1 N–H and O–H groups in total. The number of pyridine rings is 1. The number of rotatable bonds is 1. The second-order valence-electron chi connectivity index (χ2n) is 4.62. The van der Waals surface area contributed by atoms with Gasteiger partial charge in [-0.2, -0.15) is 0 Å². The van der Waals surface area contributed by atoms with Crippen molar-refractivity contribution in [3.05, 3.63) is 30.1 Å². The Bertz CT molecular complexity index is 381.